The molecule has 0 aliphatic heterocycles. The lowest BCUT2D eigenvalue weighted by molar-refractivity contribution is -0.138. The highest BCUT2D eigenvalue weighted by Gasteiger charge is 2.33. The lowest BCUT2D eigenvalue weighted by Crippen LogP contribution is -2.14. The standard InChI is InChI=1S/C16H12BrF3N4O/c1-8-5-9(2)24-14(22-8)11(7-21-24)15(25)23-10-3-4-13(17)12(6-10)16(18,19)20/h3-7H,1-2H3,(H,23,25). The summed E-state index contributed by atoms with van der Waals surface area (Å²) in [5.41, 5.74) is 1.21. The van der Waals surface area contributed by atoms with E-state index in [2.05, 4.69) is 31.3 Å². The summed E-state index contributed by atoms with van der Waals surface area (Å²) in [5.74, 6) is -0.581. The van der Waals surface area contributed by atoms with Crippen molar-refractivity contribution in [3.8, 4) is 0 Å². The molecule has 3 aromatic rings. The maximum atomic E-state index is 13.0. The molecule has 0 unspecified atom stereocenters. The zero-order valence-corrected chi connectivity index (χ0v) is 14.7. The largest absolute Gasteiger partial charge is 0.417 e. The van der Waals surface area contributed by atoms with Crippen molar-refractivity contribution in [3.63, 3.8) is 0 Å². The van der Waals surface area contributed by atoms with Crippen LogP contribution in [0.1, 0.15) is 27.3 Å². The maximum absolute atomic E-state index is 13.0. The Morgan fingerprint density at radius 2 is 1.96 bits per heavy atom. The van der Waals surface area contributed by atoms with Gasteiger partial charge in [-0.3, -0.25) is 4.79 Å². The van der Waals surface area contributed by atoms with Gasteiger partial charge in [0, 0.05) is 21.5 Å². The molecule has 0 bridgehead atoms. The molecular formula is C16H12BrF3N4O. The van der Waals surface area contributed by atoms with Crippen LogP contribution >= 0.6 is 15.9 Å². The Balaban J connectivity index is 1.96. The molecule has 0 aliphatic carbocycles. The topological polar surface area (TPSA) is 59.3 Å². The van der Waals surface area contributed by atoms with Gasteiger partial charge in [0.25, 0.3) is 5.91 Å². The van der Waals surface area contributed by atoms with E-state index in [-0.39, 0.29) is 15.7 Å². The van der Waals surface area contributed by atoms with Crippen LogP contribution in [-0.4, -0.2) is 20.5 Å². The molecule has 5 nitrogen and oxygen atoms in total. The number of carbonyl (C=O) groups is 1. The summed E-state index contributed by atoms with van der Waals surface area (Å²) in [5, 5.41) is 6.56. The van der Waals surface area contributed by atoms with Crippen LogP contribution in [0.25, 0.3) is 5.65 Å². The number of aryl methyl sites for hydroxylation is 2. The number of nitrogens with one attached hydrogen (secondary N) is 1. The van der Waals surface area contributed by atoms with Crippen molar-refractivity contribution in [2.75, 3.05) is 5.32 Å². The summed E-state index contributed by atoms with van der Waals surface area (Å²) in [7, 11) is 0. The molecule has 1 amide bonds. The van der Waals surface area contributed by atoms with Gasteiger partial charge in [0.15, 0.2) is 5.65 Å². The zero-order valence-electron chi connectivity index (χ0n) is 13.1. The summed E-state index contributed by atoms with van der Waals surface area (Å²) in [6.45, 7) is 3.60. The monoisotopic (exact) mass is 412 g/mol. The number of amides is 1. The van der Waals surface area contributed by atoms with Crippen LogP contribution in [0.15, 0.2) is 34.9 Å². The molecule has 0 saturated heterocycles. The number of carbonyl (C=O) groups excluding carboxylic acids is 1. The van der Waals surface area contributed by atoms with Gasteiger partial charge < -0.3 is 5.32 Å². The number of hydrogen-bond acceptors (Lipinski definition) is 3. The van der Waals surface area contributed by atoms with Crippen LogP contribution in [-0.2, 0) is 6.18 Å². The highest BCUT2D eigenvalue weighted by molar-refractivity contribution is 9.10. The average molecular weight is 413 g/mol. The Hall–Kier alpha value is -2.42. The van der Waals surface area contributed by atoms with Gasteiger partial charge in [-0.1, -0.05) is 15.9 Å². The van der Waals surface area contributed by atoms with Crippen molar-refractivity contribution in [1.29, 1.82) is 0 Å². The number of alkyl halides is 3. The van der Waals surface area contributed by atoms with Gasteiger partial charge in [-0.05, 0) is 38.1 Å². The fraction of sp³-hybridized carbons (Fsp3) is 0.188. The lowest BCUT2D eigenvalue weighted by atomic mass is 10.2. The number of aromatic nitrogens is 3. The third-order valence-electron chi connectivity index (χ3n) is 3.55. The van der Waals surface area contributed by atoms with Gasteiger partial charge in [-0.2, -0.15) is 18.3 Å². The Kier molecular flexibility index (Phi) is 4.28. The first-order valence-corrected chi connectivity index (χ1v) is 7.96. The lowest BCUT2D eigenvalue weighted by Gasteiger charge is -2.11. The van der Waals surface area contributed by atoms with Crippen LogP contribution < -0.4 is 5.32 Å². The molecular weight excluding hydrogens is 401 g/mol. The van der Waals surface area contributed by atoms with E-state index < -0.39 is 17.6 Å². The Bertz CT molecular complexity index is 981. The number of halogens is 4. The van der Waals surface area contributed by atoms with E-state index in [0.29, 0.717) is 11.3 Å². The SMILES string of the molecule is Cc1cc(C)n2ncc(C(=O)Nc3ccc(Br)c(C(F)(F)F)c3)c2n1. The van der Waals surface area contributed by atoms with Crippen LogP contribution in [0.5, 0.6) is 0 Å². The van der Waals surface area contributed by atoms with Crippen molar-refractivity contribution in [2.45, 2.75) is 20.0 Å². The summed E-state index contributed by atoms with van der Waals surface area (Å²) in [4.78, 5) is 16.7. The van der Waals surface area contributed by atoms with Crippen molar-refractivity contribution in [1.82, 2.24) is 14.6 Å². The third-order valence-corrected chi connectivity index (χ3v) is 4.24. The van der Waals surface area contributed by atoms with Crippen molar-refractivity contribution in [3.05, 3.63) is 57.4 Å². The quantitative estimate of drug-likeness (QED) is 0.679. The molecule has 0 aliphatic rings. The first-order chi connectivity index (χ1) is 11.7. The van der Waals surface area contributed by atoms with Crippen LogP contribution in [0.3, 0.4) is 0 Å². The molecule has 0 spiro atoms. The molecule has 2 aromatic heterocycles. The summed E-state index contributed by atoms with van der Waals surface area (Å²) < 4.78 is 40.3. The van der Waals surface area contributed by atoms with E-state index in [1.54, 1.807) is 6.92 Å². The third kappa shape index (κ3) is 3.37. The fourth-order valence-corrected chi connectivity index (χ4v) is 2.92. The maximum Gasteiger partial charge on any atom is 0.417 e. The second kappa shape index (κ2) is 6.14. The predicted octanol–water partition coefficient (Wildman–Crippen LogP) is 4.38. The van der Waals surface area contributed by atoms with Gasteiger partial charge in [-0.15, -0.1) is 0 Å². The predicted molar refractivity (Wildman–Crippen MR) is 89.6 cm³/mol. The summed E-state index contributed by atoms with van der Waals surface area (Å²) >= 11 is 2.86. The van der Waals surface area contributed by atoms with Gasteiger partial charge >= 0.3 is 6.18 Å². The molecule has 0 radical (unpaired) electrons. The molecule has 2 heterocycles. The second-order valence-electron chi connectivity index (χ2n) is 5.48. The molecule has 130 valence electrons. The van der Waals surface area contributed by atoms with E-state index in [9.17, 15) is 18.0 Å². The number of rotatable bonds is 2. The van der Waals surface area contributed by atoms with Crippen LogP contribution in [0.2, 0.25) is 0 Å². The first kappa shape index (κ1) is 17.4. The normalized spacial score (nSPS) is 11.8. The van der Waals surface area contributed by atoms with Crippen molar-refractivity contribution >= 4 is 33.2 Å². The number of anilines is 1. The smallest absolute Gasteiger partial charge is 0.322 e. The van der Waals surface area contributed by atoms with Gasteiger partial charge in [0.2, 0.25) is 0 Å². The molecule has 1 aromatic carbocycles. The number of hydrogen-bond donors (Lipinski definition) is 1. The number of benzene rings is 1. The van der Waals surface area contributed by atoms with Gasteiger partial charge in [0.1, 0.15) is 5.56 Å². The van der Waals surface area contributed by atoms with E-state index in [0.717, 1.165) is 11.8 Å². The minimum atomic E-state index is -4.53. The van der Waals surface area contributed by atoms with E-state index in [1.165, 1.54) is 22.8 Å². The molecule has 0 atom stereocenters. The van der Waals surface area contributed by atoms with E-state index in [4.69, 9.17) is 0 Å². The molecule has 9 heteroatoms. The number of fused-ring (bicyclic) bond motifs is 1. The molecule has 25 heavy (non-hydrogen) atoms. The van der Waals surface area contributed by atoms with Crippen molar-refractivity contribution in [2.24, 2.45) is 0 Å². The molecule has 0 saturated carbocycles. The number of nitrogens with zero attached hydrogens (tertiary/aromatic N) is 3. The van der Waals surface area contributed by atoms with Gasteiger partial charge in [-0.25, -0.2) is 9.50 Å². The van der Waals surface area contributed by atoms with Crippen molar-refractivity contribution < 1.29 is 18.0 Å². The zero-order chi connectivity index (χ0) is 18.4. The Morgan fingerprint density at radius 3 is 2.64 bits per heavy atom. The van der Waals surface area contributed by atoms with E-state index >= 15 is 0 Å². The summed E-state index contributed by atoms with van der Waals surface area (Å²) in [6.07, 6.45) is -3.19. The minimum absolute atomic E-state index is 0.0317. The summed E-state index contributed by atoms with van der Waals surface area (Å²) in [6, 6.07) is 5.30. The van der Waals surface area contributed by atoms with Gasteiger partial charge in [0.05, 0.1) is 11.8 Å². The first-order valence-electron chi connectivity index (χ1n) is 7.17. The second-order valence-corrected chi connectivity index (χ2v) is 6.33. The minimum Gasteiger partial charge on any atom is -0.322 e. The Morgan fingerprint density at radius 1 is 1.24 bits per heavy atom. The molecule has 3 rings (SSSR count). The fourth-order valence-electron chi connectivity index (χ4n) is 2.45. The Labute approximate surface area is 149 Å². The highest BCUT2D eigenvalue weighted by Crippen LogP contribution is 2.36. The van der Waals surface area contributed by atoms with Crippen LogP contribution in [0.4, 0.5) is 18.9 Å². The van der Waals surface area contributed by atoms with Crippen LogP contribution in [0, 0.1) is 13.8 Å². The van der Waals surface area contributed by atoms with E-state index in [1.807, 2.05) is 13.0 Å². The molecule has 0 fully saturated rings. The highest BCUT2D eigenvalue weighted by atomic mass is 79.9. The molecule has 1 N–H and O–H groups in total. The average Bonchev–Trinajstić information content (AvgIpc) is 2.92.